The summed E-state index contributed by atoms with van der Waals surface area (Å²) in [6.45, 7) is 10.4. The Balaban J connectivity index is 2.18. The molecule has 2 heteroatoms. The molecule has 1 fully saturated rings. The first-order valence-electron chi connectivity index (χ1n) is 6.57. The molecule has 90 valence electrons. The van der Waals surface area contributed by atoms with E-state index in [1.165, 1.54) is 38.8 Å². The first kappa shape index (κ1) is 13.0. The van der Waals surface area contributed by atoms with Crippen LogP contribution in [0.15, 0.2) is 0 Å². The van der Waals surface area contributed by atoms with Crippen molar-refractivity contribution in [2.75, 3.05) is 19.6 Å². The molecule has 1 heterocycles. The van der Waals surface area contributed by atoms with E-state index >= 15 is 0 Å². The molecule has 3 atom stereocenters. The average Bonchev–Trinajstić information content (AvgIpc) is 2.23. The van der Waals surface area contributed by atoms with Crippen molar-refractivity contribution in [2.24, 2.45) is 17.6 Å². The fourth-order valence-corrected chi connectivity index (χ4v) is 2.45. The molecule has 0 saturated carbocycles. The number of piperidine rings is 1. The van der Waals surface area contributed by atoms with Gasteiger partial charge in [0, 0.05) is 12.6 Å². The van der Waals surface area contributed by atoms with Crippen molar-refractivity contribution in [3.63, 3.8) is 0 Å². The molecule has 0 aromatic carbocycles. The number of rotatable bonds is 5. The van der Waals surface area contributed by atoms with Crippen molar-refractivity contribution < 1.29 is 0 Å². The van der Waals surface area contributed by atoms with E-state index in [-0.39, 0.29) is 0 Å². The van der Waals surface area contributed by atoms with Gasteiger partial charge in [0.2, 0.25) is 0 Å². The van der Waals surface area contributed by atoms with Crippen LogP contribution in [0.1, 0.15) is 46.5 Å². The summed E-state index contributed by atoms with van der Waals surface area (Å²) in [5.74, 6) is 1.59. The van der Waals surface area contributed by atoms with E-state index in [0.717, 1.165) is 18.5 Å². The van der Waals surface area contributed by atoms with E-state index < -0.39 is 0 Å². The fraction of sp³-hybridized carbons (Fsp3) is 1.00. The van der Waals surface area contributed by atoms with E-state index in [4.69, 9.17) is 5.73 Å². The van der Waals surface area contributed by atoms with Crippen LogP contribution in [-0.2, 0) is 0 Å². The first-order valence-corrected chi connectivity index (χ1v) is 6.57. The first-order chi connectivity index (χ1) is 7.13. The summed E-state index contributed by atoms with van der Waals surface area (Å²) < 4.78 is 0. The molecule has 1 aliphatic rings. The number of hydrogen-bond donors (Lipinski definition) is 1. The number of hydrogen-bond acceptors (Lipinski definition) is 2. The normalized spacial score (nSPS) is 30.4. The standard InChI is InChI=1S/C13H28N2/c1-11(9-14)5-4-8-15-10-12(2)6-7-13(15)3/h11-13H,4-10,14H2,1-3H3. The molecule has 1 rings (SSSR count). The van der Waals surface area contributed by atoms with Crippen molar-refractivity contribution >= 4 is 0 Å². The van der Waals surface area contributed by atoms with Gasteiger partial charge in [-0.2, -0.15) is 0 Å². The maximum atomic E-state index is 5.63. The fourth-order valence-electron chi connectivity index (χ4n) is 2.45. The van der Waals surface area contributed by atoms with E-state index in [1.807, 2.05) is 0 Å². The number of likely N-dealkylation sites (tertiary alicyclic amines) is 1. The largest absolute Gasteiger partial charge is 0.330 e. The van der Waals surface area contributed by atoms with E-state index in [9.17, 15) is 0 Å². The van der Waals surface area contributed by atoms with Gasteiger partial charge < -0.3 is 10.6 Å². The molecule has 15 heavy (non-hydrogen) atoms. The predicted octanol–water partition coefficient (Wildman–Crippen LogP) is 2.48. The van der Waals surface area contributed by atoms with Gasteiger partial charge in [0.1, 0.15) is 0 Å². The predicted molar refractivity (Wildman–Crippen MR) is 66.9 cm³/mol. The lowest BCUT2D eigenvalue weighted by Crippen LogP contribution is -2.41. The van der Waals surface area contributed by atoms with Gasteiger partial charge in [0.25, 0.3) is 0 Å². The molecular weight excluding hydrogens is 184 g/mol. The van der Waals surface area contributed by atoms with Crippen LogP contribution in [0.4, 0.5) is 0 Å². The van der Waals surface area contributed by atoms with Crippen LogP contribution >= 0.6 is 0 Å². The van der Waals surface area contributed by atoms with E-state index in [2.05, 4.69) is 25.7 Å². The summed E-state index contributed by atoms with van der Waals surface area (Å²) >= 11 is 0. The molecule has 0 aliphatic carbocycles. The van der Waals surface area contributed by atoms with Crippen LogP contribution in [0.3, 0.4) is 0 Å². The zero-order chi connectivity index (χ0) is 11.3. The van der Waals surface area contributed by atoms with Crippen molar-refractivity contribution in [3.8, 4) is 0 Å². The minimum atomic E-state index is 0.697. The Bertz CT molecular complexity index is 170. The Hall–Kier alpha value is -0.0800. The van der Waals surface area contributed by atoms with Crippen molar-refractivity contribution in [1.29, 1.82) is 0 Å². The zero-order valence-electron chi connectivity index (χ0n) is 10.7. The molecule has 1 saturated heterocycles. The highest BCUT2D eigenvalue weighted by Gasteiger charge is 2.21. The minimum absolute atomic E-state index is 0.697. The smallest absolute Gasteiger partial charge is 0.00671 e. The summed E-state index contributed by atoms with van der Waals surface area (Å²) in [6, 6.07) is 0.800. The van der Waals surface area contributed by atoms with Gasteiger partial charge in [-0.15, -0.1) is 0 Å². The molecular formula is C13H28N2. The zero-order valence-corrected chi connectivity index (χ0v) is 10.7. The van der Waals surface area contributed by atoms with Crippen molar-refractivity contribution in [3.05, 3.63) is 0 Å². The summed E-state index contributed by atoms with van der Waals surface area (Å²) in [7, 11) is 0. The third kappa shape index (κ3) is 4.52. The van der Waals surface area contributed by atoms with Gasteiger partial charge in [0.05, 0.1) is 0 Å². The van der Waals surface area contributed by atoms with Crippen molar-refractivity contribution in [2.45, 2.75) is 52.5 Å². The lowest BCUT2D eigenvalue weighted by Gasteiger charge is -2.36. The highest BCUT2D eigenvalue weighted by molar-refractivity contribution is 4.76. The van der Waals surface area contributed by atoms with Gasteiger partial charge in [-0.05, 0) is 57.5 Å². The van der Waals surface area contributed by atoms with Crippen LogP contribution in [0.5, 0.6) is 0 Å². The Kier molecular flexibility index (Phi) is 5.62. The Labute approximate surface area is 95.2 Å². The Morgan fingerprint density at radius 1 is 1.33 bits per heavy atom. The SMILES string of the molecule is CC(CN)CCCN1CC(C)CCC1C. The van der Waals surface area contributed by atoms with Gasteiger partial charge in [0.15, 0.2) is 0 Å². The van der Waals surface area contributed by atoms with E-state index in [0.29, 0.717) is 5.92 Å². The summed E-state index contributed by atoms with van der Waals surface area (Å²) in [6.07, 6.45) is 5.40. The van der Waals surface area contributed by atoms with Crippen LogP contribution < -0.4 is 5.73 Å². The average molecular weight is 212 g/mol. The van der Waals surface area contributed by atoms with Gasteiger partial charge in [-0.3, -0.25) is 0 Å². The van der Waals surface area contributed by atoms with Crippen molar-refractivity contribution in [1.82, 2.24) is 4.90 Å². The molecule has 0 amide bonds. The highest BCUT2D eigenvalue weighted by atomic mass is 15.2. The topological polar surface area (TPSA) is 29.3 Å². The second kappa shape index (κ2) is 6.49. The lowest BCUT2D eigenvalue weighted by molar-refractivity contribution is 0.121. The Morgan fingerprint density at radius 2 is 2.07 bits per heavy atom. The minimum Gasteiger partial charge on any atom is -0.330 e. The van der Waals surface area contributed by atoms with Crippen LogP contribution in [-0.4, -0.2) is 30.6 Å². The third-order valence-electron chi connectivity index (χ3n) is 3.79. The van der Waals surface area contributed by atoms with Crippen LogP contribution in [0.25, 0.3) is 0 Å². The Morgan fingerprint density at radius 3 is 2.73 bits per heavy atom. The quantitative estimate of drug-likeness (QED) is 0.758. The molecule has 0 aromatic heterocycles. The lowest BCUT2D eigenvalue weighted by atomic mass is 9.94. The maximum absolute atomic E-state index is 5.63. The second-order valence-electron chi connectivity index (χ2n) is 5.51. The number of nitrogens with two attached hydrogens (primary N) is 1. The van der Waals surface area contributed by atoms with Gasteiger partial charge >= 0.3 is 0 Å². The van der Waals surface area contributed by atoms with E-state index in [1.54, 1.807) is 0 Å². The monoisotopic (exact) mass is 212 g/mol. The molecule has 2 N–H and O–H groups in total. The maximum Gasteiger partial charge on any atom is 0.00671 e. The summed E-state index contributed by atoms with van der Waals surface area (Å²) in [4.78, 5) is 2.66. The van der Waals surface area contributed by atoms with Crippen LogP contribution in [0, 0.1) is 11.8 Å². The third-order valence-corrected chi connectivity index (χ3v) is 3.79. The van der Waals surface area contributed by atoms with Gasteiger partial charge in [-0.1, -0.05) is 13.8 Å². The molecule has 0 aromatic rings. The second-order valence-corrected chi connectivity index (χ2v) is 5.51. The van der Waals surface area contributed by atoms with Gasteiger partial charge in [-0.25, -0.2) is 0 Å². The molecule has 3 unspecified atom stereocenters. The highest BCUT2D eigenvalue weighted by Crippen LogP contribution is 2.21. The molecule has 0 radical (unpaired) electrons. The summed E-state index contributed by atoms with van der Waals surface area (Å²) in [5.41, 5.74) is 5.63. The summed E-state index contributed by atoms with van der Waals surface area (Å²) in [5, 5.41) is 0. The molecule has 2 nitrogen and oxygen atoms in total. The number of nitrogens with zero attached hydrogens (tertiary/aromatic N) is 1. The van der Waals surface area contributed by atoms with Crippen LogP contribution in [0.2, 0.25) is 0 Å². The molecule has 0 bridgehead atoms. The molecule has 1 aliphatic heterocycles. The molecule has 0 spiro atoms.